The van der Waals surface area contributed by atoms with Crippen molar-refractivity contribution in [1.82, 2.24) is 4.90 Å². The molecule has 0 spiro atoms. The highest BCUT2D eigenvalue weighted by atomic mass is 16.5. The molecule has 1 unspecified atom stereocenters. The summed E-state index contributed by atoms with van der Waals surface area (Å²) in [5.74, 6) is -0.537. The zero-order valence-electron chi connectivity index (χ0n) is 13.7. The van der Waals surface area contributed by atoms with Gasteiger partial charge in [-0.1, -0.05) is 30.3 Å². The first-order valence-corrected chi connectivity index (χ1v) is 8.26. The fourth-order valence-corrected chi connectivity index (χ4v) is 2.82. The second-order valence-corrected chi connectivity index (χ2v) is 5.91. The van der Waals surface area contributed by atoms with Gasteiger partial charge in [-0.3, -0.25) is 4.79 Å². The zero-order valence-corrected chi connectivity index (χ0v) is 13.7. The first-order chi connectivity index (χ1) is 11.7. The maximum absolute atomic E-state index is 12.9. The van der Waals surface area contributed by atoms with Crippen molar-refractivity contribution in [3.05, 3.63) is 60.1 Å². The quantitative estimate of drug-likeness (QED) is 0.733. The Labute approximate surface area is 141 Å². The van der Waals surface area contributed by atoms with Crippen molar-refractivity contribution in [2.45, 2.75) is 38.3 Å². The summed E-state index contributed by atoms with van der Waals surface area (Å²) in [6, 6.07) is 10.8. The summed E-state index contributed by atoms with van der Waals surface area (Å²) < 4.78 is 10.3. The van der Waals surface area contributed by atoms with Crippen molar-refractivity contribution < 1.29 is 18.7 Å². The Kier molecular flexibility index (Phi) is 4.99. The lowest BCUT2D eigenvalue weighted by molar-refractivity contribution is -0.148. The number of nitrogens with zero attached hydrogens (tertiary/aromatic N) is 1. The molecule has 1 aliphatic rings. The minimum Gasteiger partial charge on any atom is -0.472 e. The standard InChI is InChI=1S/C19H21NO4/c1-2-24-19(22)17(12-14-6-4-3-5-7-14)20(16-8-9-16)18(21)15-10-11-23-13-15/h3-7,10-11,13,16-17H,2,8-9,12H2,1H3. The Morgan fingerprint density at radius 2 is 2.00 bits per heavy atom. The number of carbonyl (C=O) groups excluding carboxylic acids is 2. The van der Waals surface area contributed by atoms with Gasteiger partial charge in [0, 0.05) is 12.5 Å². The molecule has 0 bridgehead atoms. The smallest absolute Gasteiger partial charge is 0.329 e. The maximum atomic E-state index is 12.9. The highest BCUT2D eigenvalue weighted by Gasteiger charge is 2.41. The summed E-state index contributed by atoms with van der Waals surface area (Å²) in [5.41, 5.74) is 1.46. The van der Waals surface area contributed by atoms with Crippen LogP contribution in [0.5, 0.6) is 0 Å². The van der Waals surface area contributed by atoms with Gasteiger partial charge in [-0.2, -0.15) is 0 Å². The van der Waals surface area contributed by atoms with Crippen LogP contribution in [0.25, 0.3) is 0 Å². The summed E-state index contributed by atoms with van der Waals surface area (Å²) in [7, 11) is 0. The lowest BCUT2D eigenvalue weighted by Crippen LogP contribution is -2.48. The molecule has 1 amide bonds. The van der Waals surface area contributed by atoms with E-state index in [-0.39, 0.29) is 17.9 Å². The monoisotopic (exact) mass is 327 g/mol. The highest BCUT2D eigenvalue weighted by Crippen LogP contribution is 2.31. The van der Waals surface area contributed by atoms with Gasteiger partial charge in [0.1, 0.15) is 12.3 Å². The predicted molar refractivity (Wildman–Crippen MR) is 88.5 cm³/mol. The van der Waals surface area contributed by atoms with Crippen LogP contribution >= 0.6 is 0 Å². The molecule has 1 saturated carbocycles. The lowest BCUT2D eigenvalue weighted by atomic mass is 10.0. The SMILES string of the molecule is CCOC(=O)C(Cc1ccccc1)N(C(=O)c1ccoc1)C1CC1. The molecule has 0 aliphatic heterocycles. The number of carbonyl (C=O) groups is 2. The molecular weight excluding hydrogens is 306 g/mol. The summed E-state index contributed by atoms with van der Waals surface area (Å²) in [6.45, 7) is 2.07. The van der Waals surface area contributed by atoms with Crippen molar-refractivity contribution in [3.63, 3.8) is 0 Å². The third-order valence-corrected chi connectivity index (χ3v) is 4.11. The number of esters is 1. The van der Waals surface area contributed by atoms with E-state index < -0.39 is 6.04 Å². The molecule has 3 rings (SSSR count). The first kappa shape index (κ1) is 16.3. The van der Waals surface area contributed by atoms with Crippen molar-refractivity contribution in [2.75, 3.05) is 6.61 Å². The number of amides is 1. The van der Waals surface area contributed by atoms with Crippen LogP contribution in [0.1, 0.15) is 35.7 Å². The molecule has 126 valence electrons. The minimum absolute atomic E-state index is 0.0884. The molecular formula is C19H21NO4. The van der Waals surface area contributed by atoms with Gasteiger partial charge in [-0.15, -0.1) is 0 Å². The van der Waals surface area contributed by atoms with Gasteiger partial charge >= 0.3 is 5.97 Å². The molecule has 1 aromatic carbocycles. The van der Waals surface area contributed by atoms with E-state index in [0.717, 1.165) is 18.4 Å². The molecule has 5 nitrogen and oxygen atoms in total. The van der Waals surface area contributed by atoms with Gasteiger partial charge in [0.05, 0.1) is 18.4 Å². The van der Waals surface area contributed by atoms with E-state index in [1.165, 1.54) is 12.5 Å². The van der Waals surface area contributed by atoms with Gasteiger partial charge in [-0.25, -0.2) is 4.79 Å². The number of rotatable bonds is 7. The van der Waals surface area contributed by atoms with E-state index in [9.17, 15) is 9.59 Å². The third kappa shape index (κ3) is 3.67. The average molecular weight is 327 g/mol. The summed E-state index contributed by atoms with van der Waals surface area (Å²) in [5, 5.41) is 0. The molecule has 0 radical (unpaired) electrons. The largest absolute Gasteiger partial charge is 0.472 e. The molecule has 1 heterocycles. The second kappa shape index (κ2) is 7.34. The summed E-state index contributed by atoms with van der Waals surface area (Å²) in [6.07, 6.45) is 5.15. The van der Waals surface area contributed by atoms with E-state index >= 15 is 0 Å². The van der Waals surface area contributed by atoms with Gasteiger partial charge in [0.2, 0.25) is 0 Å². The molecule has 1 atom stereocenters. The summed E-state index contributed by atoms with van der Waals surface area (Å²) in [4.78, 5) is 27.1. The Morgan fingerprint density at radius 3 is 2.58 bits per heavy atom. The van der Waals surface area contributed by atoms with Crippen molar-refractivity contribution in [3.8, 4) is 0 Å². The topological polar surface area (TPSA) is 59.8 Å². The van der Waals surface area contributed by atoms with Crippen molar-refractivity contribution in [2.24, 2.45) is 0 Å². The molecule has 24 heavy (non-hydrogen) atoms. The molecule has 2 aromatic rings. The van der Waals surface area contributed by atoms with Crippen LogP contribution in [-0.4, -0.2) is 35.5 Å². The van der Waals surface area contributed by atoms with Crippen LogP contribution in [-0.2, 0) is 16.0 Å². The summed E-state index contributed by atoms with van der Waals surface area (Å²) >= 11 is 0. The lowest BCUT2D eigenvalue weighted by Gasteiger charge is -2.30. The number of ether oxygens (including phenoxy) is 1. The van der Waals surface area contributed by atoms with E-state index in [1.54, 1.807) is 17.9 Å². The first-order valence-electron chi connectivity index (χ1n) is 8.26. The van der Waals surface area contributed by atoms with Gasteiger partial charge < -0.3 is 14.1 Å². The second-order valence-electron chi connectivity index (χ2n) is 5.91. The predicted octanol–water partition coefficient (Wildman–Crippen LogP) is 3.06. The normalized spacial score (nSPS) is 14.9. The van der Waals surface area contributed by atoms with E-state index in [0.29, 0.717) is 18.6 Å². The number of hydrogen-bond donors (Lipinski definition) is 0. The van der Waals surface area contributed by atoms with Crippen LogP contribution in [0.2, 0.25) is 0 Å². The Morgan fingerprint density at radius 1 is 1.25 bits per heavy atom. The maximum Gasteiger partial charge on any atom is 0.329 e. The van der Waals surface area contributed by atoms with E-state index in [2.05, 4.69) is 0 Å². The van der Waals surface area contributed by atoms with Gasteiger partial charge in [-0.05, 0) is 31.4 Å². The van der Waals surface area contributed by atoms with E-state index in [4.69, 9.17) is 9.15 Å². The number of furan rings is 1. The molecule has 0 saturated heterocycles. The Hall–Kier alpha value is -2.56. The zero-order chi connectivity index (χ0) is 16.9. The van der Waals surface area contributed by atoms with Crippen LogP contribution in [0.3, 0.4) is 0 Å². The Balaban J connectivity index is 1.88. The van der Waals surface area contributed by atoms with Crippen LogP contribution in [0.15, 0.2) is 53.3 Å². The highest BCUT2D eigenvalue weighted by molar-refractivity contribution is 5.97. The molecule has 5 heteroatoms. The number of hydrogen-bond acceptors (Lipinski definition) is 4. The van der Waals surface area contributed by atoms with Crippen LogP contribution in [0.4, 0.5) is 0 Å². The minimum atomic E-state index is -0.623. The molecule has 1 aliphatic carbocycles. The number of benzene rings is 1. The third-order valence-electron chi connectivity index (χ3n) is 4.11. The van der Waals surface area contributed by atoms with Crippen LogP contribution in [0, 0.1) is 0 Å². The molecule has 1 fully saturated rings. The fourth-order valence-electron chi connectivity index (χ4n) is 2.82. The van der Waals surface area contributed by atoms with Gasteiger partial charge in [0.25, 0.3) is 5.91 Å². The van der Waals surface area contributed by atoms with Crippen molar-refractivity contribution >= 4 is 11.9 Å². The Bertz CT molecular complexity index is 677. The van der Waals surface area contributed by atoms with Crippen LogP contribution < -0.4 is 0 Å². The van der Waals surface area contributed by atoms with Gasteiger partial charge in [0.15, 0.2) is 0 Å². The van der Waals surface area contributed by atoms with E-state index in [1.807, 2.05) is 30.3 Å². The van der Waals surface area contributed by atoms with Crippen molar-refractivity contribution in [1.29, 1.82) is 0 Å². The average Bonchev–Trinajstić information content (AvgIpc) is 3.27. The fraction of sp³-hybridized carbons (Fsp3) is 0.368. The molecule has 1 aromatic heterocycles. The molecule has 0 N–H and O–H groups in total.